The van der Waals surface area contributed by atoms with Gasteiger partial charge in [-0.2, -0.15) is 11.8 Å². The van der Waals surface area contributed by atoms with Gasteiger partial charge in [-0.15, -0.1) is 0 Å². The monoisotopic (exact) mass is 143 g/mol. The van der Waals surface area contributed by atoms with E-state index in [9.17, 15) is 0 Å². The first-order valence-electron chi connectivity index (χ1n) is 3.69. The van der Waals surface area contributed by atoms with Crippen molar-refractivity contribution in [1.82, 2.24) is 0 Å². The van der Waals surface area contributed by atoms with Crippen LogP contribution in [0.4, 0.5) is 0 Å². The Morgan fingerprint density at radius 1 is 1.44 bits per heavy atom. The molecule has 0 amide bonds. The first-order chi connectivity index (χ1) is 4.29. The highest BCUT2D eigenvalue weighted by atomic mass is 32.2. The van der Waals surface area contributed by atoms with Gasteiger partial charge >= 0.3 is 0 Å². The van der Waals surface area contributed by atoms with Crippen LogP contribution in [0.3, 0.4) is 0 Å². The average Bonchev–Trinajstić information content (AvgIpc) is 2.58. The molecule has 0 bridgehead atoms. The molecule has 2 aliphatic rings. The summed E-state index contributed by atoms with van der Waals surface area (Å²) in [6.07, 6.45) is 5.43. The minimum atomic E-state index is 0.285. The predicted octanol–water partition coefficient (Wildman–Crippen LogP) is 1.37. The van der Waals surface area contributed by atoms with E-state index in [1.54, 1.807) is 0 Å². The molecule has 0 spiro atoms. The van der Waals surface area contributed by atoms with Crippen molar-refractivity contribution in [3.63, 3.8) is 0 Å². The van der Waals surface area contributed by atoms with Crippen molar-refractivity contribution >= 4 is 11.8 Å². The third-order valence-electron chi connectivity index (χ3n) is 2.02. The molecule has 2 rings (SSSR count). The van der Waals surface area contributed by atoms with Crippen LogP contribution in [0.2, 0.25) is 0 Å². The number of nitrogens with two attached hydrogens (primary N) is 1. The van der Waals surface area contributed by atoms with Gasteiger partial charge in [-0.1, -0.05) is 0 Å². The van der Waals surface area contributed by atoms with Gasteiger partial charge in [0.15, 0.2) is 0 Å². The predicted molar refractivity (Wildman–Crippen MR) is 41.6 cm³/mol. The number of hydrogen-bond donors (Lipinski definition) is 1. The van der Waals surface area contributed by atoms with E-state index < -0.39 is 0 Å². The zero-order chi connectivity index (χ0) is 6.32. The highest BCUT2D eigenvalue weighted by Crippen LogP contribution is 2.41. The van der Waals surface area contributed by atoms with Gasteiger partial charge in [-0.05, 0) is 25.7 Å². The van der Waals surface area contributed by atoms with E-state index in [2.05, 4.69) is 11.8 Å². The van der Waals surface area contributed by atoms with Gasteiger partial charge in [0.05, 0.1) is 0 Å². The summed E-state index contributed by atoms with van der Waals surface area (Å²) >= 11 is 2.09. The zero-order valence-electron chi connectivity index (χ0n) is 5.60. The Hall–Kier alpha value is 0.310. The quantitative estimate of drug-likeness (QED) is 0.646. The molecule has 2 N–H and O–H groups in total. The molecule has 0 aromatic rings. The van der Waals surface area contributed by atoms with E-state index in [0.29, 0.717) is 0 Å². The summed E-state index contributed by atoms with van der Waals surface area (Å²) in [7, 11) is 0. The molecule has 2 saturated carbocycles. The van der Waals surface area contributed by atoms with Gasteiger partial charge in [0.2, 0.25) is 0 Å². The van der Waals surface area contributed by atoms with Gasteiger partial charge < -0.3 is 5.73 Å². The molecule has 1 nitrogen and oxygen atoms in total. The number of rotatable bonds is 3. The first-order valence-corrected chi connectivity index (χ1v) is 4.74. The lowest BCUT2D eigenvalue weighted by molar-refractivity contribution is 0.775. The lowest BCUT2D eigenvalue weighted by Crippen LogP contribution is -2.24. The maximum atomic E-state index is 5.90. The van der Waals surface area contributed by atoms with E-state index in [4.69, 9.17) is 5.73 Å². The molecule has 0 heterocycles. The fourth-order valence-corrected chi connectivity index (χ4v) is 2.15. The summed E-state index contributed by atoms with van der Waals surface area (Å²) in [5.74, 6) is 1.22. The second kappa shape index (κ2) is 1.89. The molecule has 52 valence electrons. The molecular formula is C7H13NS. The van der Waals surface area contributed by atoms with E-state index in [1.807, 2.05) is 0 Å². The van der Waals surface area contributed by atoms with Crippen molar-refractivity contribution in [3.05, 3.63) is 0 Å². The van der Waals surface area contributed by atoms with Gasteiger partial charge in [-0.25, -0.2) is 0 Å². The highest BCUT2D eigenvalue weighted by molar-refractivity contribution is 8.00. The Balaban J connectivity index is 1.65. The van der Waals surface area contributed by atoms with E-state index in [1.165, 1.54) is 31.4 Å². The van der Waals surface area contributed by atoms with Crippen LogP contribution >= 0.6 is 11.8 Å². The van der Waals surface area contributed by atoms with Crippen LogP contribution in [0.5, 0.6) is 0 Å². The second-order valence-electron chi connectivity index (χ2n) is 3.37. The topological polar surface area (TPSA) is 26.0 Å². The van der Waals surface area contributed by atoms with Crippen molar-refractivity contribution < 1.29 is 0 Å². The Labute approximate surface area is 60.4 Å². The smallest absolute Gasteiger partial charge is 0.0247 e. The summed E-state index contributed by atoms with van der Waals surface area (Å²) in [5.41, 5.74) is 6.19. The molecule has 0 aromatic carbocycles. The molecule has 2 heteroatoms. The molecule has 0 unspecified atom stereocenters. The summed E-state index contributed by atoms with van der Waals surface area (Å²) in [6, 6.07) is 0. The lowest BCUT2D eigenvalue weighted by Gasteiger charge is -2.05. The van der Waals surface area contributed by atoms with Crippen molar-refractivity contribution in [1.29, 1.82) is 0 Å². The fraction of sp³-hybridized carbons (Fsp3) is 1.00. The molecule has 0 radical (unpaired) electrons. The van der Waals surface area contributed by atoms with Crippen LogP contribution in [0, 0.1) is 0 Å². The van der Waals surface area contributed by atoms with Gasteiger partial charge in [0.25, 0.3) is 0 Å². The minimum absolute atomic E-state index is 0.285. The van der Waals surface area contributed by atoms with E-state index >= 15 is 0 Å². The lowest BCUT2D eigenvalue weighted by atomic mass is 10.4. The van der Waals surface area contributed by atoms with Crippen LogP contribution in [0.15, 0.2) is 0 Å². The van der Waals surface area contributed by atoms with E-state index in [0.717, 1.165) is 5.25 Å². The van der Waals surface area contributed by atoms with Crippen LogP contribution in [0.1, 0.15) is 25.7 Å². The second-order valence-corrected chi connectivity index (χ2v) is 4.66. The molecule has 0 aliphatic heterocycles. The van der Waals surface area contributed by atoms with Crippen LogP contribution in [0.25, 0.3) is 0 Å². The van der Waals surface area contributed by atoms with Crippen LogP contribution in [-0.2, 0) is 0 Å². The van der Waals surface area contributed by atoms with Crippen LogP contribution < -0.4 is 5.73 Å². The Morgan fingerprint density at radius 2 is 2.11 bits per heavy atom. The first kappa shape index (κ1) is 6.05. The van der Waals surface area contributed by atoms with Crippen LogP contribution in [-0.4, -0.2) is 16.5 Å². The summed E-state index contributed by atoms with van der Waals surface area (Å²) < 4.78 is 0. The average molecular weight is 143 g/mol. The van der Waals surface area contributed by atoms with Crippen molar-refractivity contribution in [3.8, 4) is 0 Å². The molecule has 0 saturated heterocycles. The molecule has 9 heavy (non-hydrogen) atoms. The van der Waals surface area contributed by atoms with E-state index in [-0.39, 0.29) is 5.54 Å². The fourth-order valence-electron chi connectivity index (χ4n) is 0.823. The molecular weight excluding hydrogens is 130 g/mol. The molecule has 2 fully saturated rings. The van der Waals surface area contributed by atoms with Gasteiger partial charge in [0, 0.05) is 16.5 Å². The standard InChI is InChI=1S/C7H13NS/c8-7(3-4-7)5-9-6-1-2-6/h6H,1-5,8H2. The van der Waals surface area contributed by atoms with Gasteiger partial charge in [-0.3, -0.25) is 0 Å². The van der Waals surface area contributed by atoms with Crippen molar-refractivity contribution in [2.75, 3.05) is 5.75 Å². The van der Waals surface area contributed by atoms with Crippen molar-refractivity contribution in [2.24, 2.45) is 5.73 Å². The summed E-state index contributed by atoms with van der Waals surface area (Å²) in [4.78, 5) is 0. The maximum Gasteiger partial charge on any atom is 0.0247 e. The summed E-state index contributed by atoms with van der Waals surface area (Å²) in [5, 5.41) is 0.992. The maximum absolute atomic E-state index is 5.90. The Morgan fingerprint density at radius 3 is 2.56 bits per heavy atom. The minimum Gasteiger partial charge on any atom is -0.324 e. The highest BCUT2D eigenvalue weighted by Gasteiger charge is 2.39. The Kier molecular flexibility index (Phi) is 1.27. The molecule has 2 aliphatic carbocycles. The third kappa shape index (κ3) is 1.62. The normalized spacial score (nSPS) is 30.3. The largest absolute Gasteiger partial charge is 0.324 e. The number of hydrogen-bond acceptors (Lipinski definition) is 2. The molecule has 0 atom stereocenters. The van der Waals surface area contributed by atoms with Gasteiger partial charge in [0.1, 0.15) is 0 Å². The SMILES string of the molecule is NC1(CSC2CC2)CC1. The van der Waals surface area contributed by atoms with Crippen molar-refractivity contribution in [2.45, 2.75) is 36.5 Å². The summed E-state index contributed by atoms with van der Waals surface area (Å²) in [6.45, 7) is 0. The Bertz CT molecular complexity index is 116. The zero-order valence-corrected chi connectivity index (χ0v) is 6.41. The number of thioether (sulfide) groups is 1. The third-order valence-corrected chi connectivity index (χ3v) is 3.71. The molecule has 0 aromatic heterocycles.